The van der Waals surface area contributed by atoms with Crippen molar-refractivity contribution in [3.8, 4) is 0 Å². The predicted octanol–water partition coefficient (Wildman–Crippen LogP) is 2.49. The molecule has 1 fully saturated rings. The second-order valence-electron chi connectivity index (χ2n) is 6.78. The van der Waals surface area contributed by atoms with Crippen LogP contribution in [0.1, 0.15) is 28.4 Å². The van der Waals surface area contributed by atoms with Gasteiger partial charge in [-0.05, 0) is 12.0 Å². The zero-order valence-corrected chi connectivity index (χ0v) is 17.7. The van der Waals surface area contributed by atoms with Crippen molar-refractivity contribution >= 4 is 17.3 Å². The van der Waals surface area contributed by atoms with Crippen molar-refractivity contribution in [2.45, 2.75) is 25.8 Å². The molecule has 2 heterocycles. The predicted molar refractivity (Wildman–Crippen MR) is 116 cm³/mol. The van der Waals surface area contributed by atoms with Crippen LogP contribution in [0.4, 0.5) is 0 Å². The van der Waals surface area contributed by atoms with Crippen LogP contribution < -0.4 is 10.6 Å². The van der Waals surface area contributed by atoms with E-state index in [2.05, 4.69) is 62.8 Å². The molecule has 1 aliphatic rings. The Hall–Kier alpha value is -1.96. The monoisotopic (exact) mass is 401 g/mol. The minimum absolute atomic E-state index is 0.301. The van der Waals surface area contributed by atoms with Gasteiger partial charge in [0.25, 0.3) is 0 Å². The molecule has 6 nitrogen and oxygen atoms in total. The Kier molecular flexibility index (Phi) is 8.26. The summed E-state index contributed by atoms with van der Waals surface area (Å²) in [4.78, 5) is 12.7. The highest BCUT2D eigenvalue weighted by Gasteiger charge is 2.22. The first-order valence-corrected chi connectivity index (χ1v) is 10.9. The SMILES string of the molecule is CCc1cnc(CCNC(=NC)NCC(c2ccccc2)N2CCOCC2)s1. The fourth-order valence-electron chi connectivity index (χ4n) is 3.35. The van der Waals surface area contributed by atoms with Gasteiger partial charge in [-0.3, -0.25) is 9.89 Å². The molecular weight excluding hydrogens is 370 g/mol. The van der Waals surface area contributed by atoms with Crippen LogP contribution in [0, 0.1) is 0 Å². The Morgan fingerprint density at radius 3 is 2.71 bits per heavy atom. The molecule has 1 atom stereocenters. The van der Waals surface area contributed by atoms with Gasteiger partial charge >= 0.3 is 0 Å². The molecule has 0 bridgehead atoms. The van der Waals surface area contributed by atoms with E-state index in [1.807, 2.05) is 13.2 Å². The summed E-state index contributed by atoms with van der Waals surface area (Å²) >= 11 is 1.80. The van der Waals surface area contributed by atoms with Crippen LogP contribution in [0.15, 0.2) is 41.5 Å². The first-order chi connectivity index (χ1) is 13.8. The van der Waals surface area contributed by atoms with Crippen molar-refractivity contribution in [1.82, 2.24) is 20.5 Å². The molecule has 2 N–H and O–H groups in total. The number of benzene rings is 1. The van der Waals surface area contributed by atoms with E-state index in [0.29, 0.717) is 6.04 Å². The quantitative estimate of drug-likeness (QED) is 0.526. The molecule has 0 saturated carbocycles. The Morgan fingerprint density at radius 1 is 1.25 bits per heavy atom. The molecule has 1 unspecified atom stereocenters. The molecule has 0 spiro atoms. The molecule has 2 aromatic rings. The average molecular weight is 402 g/mol. The molecule has 0 aliphatic carbocycles. The fraction of sp³-hybridized carbons (Fsp3) is 0.524. The molecular formula is C21H31N5OS. The van der Waals surface area contributed by atoms with E-state index in [0.717, 1.165) is 58.2 Å². The number of nitrogens with zero attached hydrogens (tertiary/aromatic N) is 3. The second kappa shape index (κ2) is 11.1. The van der Waals surface area contributed by atoms with Gasteiger partial charge in [-0.25, -0.2) is 4.98 Å². The lowest BCUT2D eigenvalue weighted by Crippen LogP contribution is -2.46. The van der Waals surface area contributed by atoms with Gasteiger partial charge in [0.05, 0.1) is 24.3 Å². The number of aryl methyl sites for hydroxylation is 1. The van der Waals surface area contributed by atoms with Crippen LogP contribution >= 0.6 is 11.3 Å². The minimum Gasteiger partial charge on any atom is -0.379 e. The summed E-state index contributed by atoms with van der Waals surface area (Å²) < 4.78 is 5.53. The van der Waals surface area contributed by atoms with Gasteiger partial charge in [0, 0.05) is 50.7 Å². The summed E-state index contributed by atoms with van der Waals surface area (Å²) in [5.41, 5.74) is 1.32. The number of hydrogen-bond donors (Lipinski definition) is 2. The van der Waals surface area contributed by atoms with Gasteiger partial charge < -0.3 is 15.4 Å². The maximum Gasteiger partial charge on any atom is 0.191 e. The van der Waals surface area contributed by atoms with E-state index in [1.54, 1.807) is 11.3 Å². The number of nitrogens with one attached hydrogen (secondary N) is 2. The third-order valence-electron chi connectivity index (χ3n) is 4.94. The zero-order chi connectivity index (χ0) is 19.6. The third-order valence-corrected chi connectivity index (χ3v) is 6.14. The number of rotatable bonds is 8. The van der Waals surface area contributed by atoms with Gasteiger partial charge in [0.1, 0.15) is 0 Å². The van der Waals surface area contributed by atoms with Crippen LogP contribution in [0.2, 0.25) is 0 Å². The van der Waals surface area contributed by atoms with Crippen molar-refractivity contribution in [3.63, 3.8) is 0 Å². The van der Waals surface area contributed by atoms with Crippen LogP contribution in [-0.2, 0) is 17.6 Å². The molecule has 28 heavy (non-hydrogen) atoms. The highest BCUT2D eigenvalue weighted by molar-refractivity contribution is 7.11. The number of morpholine rings is 1. The molecule has 1 saturated heterocycles. The normalized spacial score (nSPS) is 16.7. The largest absolute Gasteiger partial charge is 0.379 e. The van der Waals surface area contributed by atoms with Crippen LogP contribution in [0.3, 0.4) is 0 Å². The molecule has 3 rings (SSSR count). The van der Waals surface area contributed by atoms with Crippen LogP contribution in [0.5, 0.6) is 0 Å². The summed E-state index contributed by atoms with van der Waals surface area (Å²) in [5, 5.41) is 8.10. The number of ether oxygens (including phenoxy) is 1. The van der Waals surface area contributed by atoms with Gasteiger partial charge in [-0.1, -0.05) is 37.3 Å². The van der Waals surface area contributed by atoms with Crippen LogP contribution in [-0.4, -0.2) is 62.3 Å². The van der Waals surface area contributed by atoms with Gasteiger partial charge in [0.2, 0.25) is 0 Å². The number of aromatic nitrogens is 1. The Bertz CT molecular complexity index is 727. The maximum absolute atomic E-state index is 5.53. The molecule has 1 aromatic heterocycles. The van der Waals surface area contributed by atoms with Crippen molar-refractivity contribution in [3.05, 3.63) is 52.0 Å². The van der Waals surface area contributed by atoms with Crippen molar-refractivity contribution in [2.24, 2.45) is 4.99 Å². The summed E-state index contributed by atoms with van der Waals surface area (Å²) in [5.74, 6) is 0.835. The van der Waals surface area contributed by atoms with E-state index in [4.69, 9.17) is 4.74 Å². The molecule has 1 aromatic carbocycles. The molecule has 0 radical (unpaired) electrons. The van der Waals surface area contributed by atoms with Gasteiger partial charge in [-0.15, -0.1) is 11.3 Å². The highest BCUT2D eigenvalue weighted by atomic mass is 32.1. The molecule has 152 valence electrons. The van der Waals surface area contributed by atoms with E-state index < -0.39 is 0 Å². The van der Waals surface area contributed by atoms with Crippen molar-refractivity contribution < 1.29 is 4.74 Å². The van der Waals surface area contributed by atoms with Gasteiger partial charge in [-0.2, -0.15) is 0 Å². The van der Waals surface area contributed by atoms with E-state index >= 15 is 0 Å². The number of thiazole rings is 1. The zero-order valence-electron chi connectivity index (χ0n) is 16.9. The Morgan fingerprint density at radius 2 is 2.04 bits per heavy atom. The second-order valence-corrected chi connectivity index (χ2v) is 7.98. The smallest absolute Gasteiger partial charge is 0.191 e. The molecule has 0 amide bonds. The Balaban J connectivity index is 1.53. The van der Waals surface area contributed by atoms with E-state index in [-0.39, 0.29) is 0 Å². The summed E-state index contributed by atoms with van der Waals surface area (Å²) in [6, 6.07) is 11.0. The first-order valence-electron chi connectivity index (χ1n) is 10.0. The summed E-state index contributed by atoms with van der Waals surface area (Å²) in [6.07, 6.45) is 3.95. The average Bonchev–Trinajstić information content (AvgIpc) is 3.22. The highest BCUT2D eigenvalue weighted by Crippen LogP contribution is 2.21. The maximum atomic E-state index is 5.53. The van der Waals surface area contributed by atoms with Crippen molar-refractivity contribution in [2.75, 3.05) is 46.4 Å². The minimum atomic E-state index is 0.301. The lowest BCUT2D eigenvalue weighted by Gasteiger charge is -2.35. The van der Waals surface area contributed by atoms with Gasteiger partial charge in [0.15, 0.2) is 5.96 Å². The van der Waals surface area contributed by atoms with Crippen molar-refractivity contribution in [1.29, 1.82) is 0 Å². The van der Waals surface area contributed by atoms with E-state index in [1.165, 1.54) is 15.4 Å². The number of guanidine groups is 1. The lowest BCUT2D eigenvalue weighted by molar-refractivity contribution is 0.0170. The third kappa shape index (κ3) is 6.02. The lowest BCUT2D eigenvalue weighted by atomic mass is 10.0. The standard InChI is InChI=1S/C21H31N5OS/c1-3-18-15-24-20(28-18)9-10-23-21(22-2)25-16-19(17-7-5-4-6-8-17)26-11-13-27-14-12-26/h4-8,15,19H,3,9-14,16H2,1-2H3,(H2,22,23,25). The number of hydrogen-bond acceptors (Lipinski definition) is 5. The number of aliphatic imine (C=N–C) groups is 1. The first kappa shape index (κ1) is 20.8. The topological polar surface area (TPSA) is 61.8 Å². The summed E-state index contributed by atoms with van der Waals surface area (Å²) in [7, 11) is 1.82. The fourth-order valence-corrected chi connectivity index (χ4v) is 4.21. The molecule has 7 heteroatoms. The molecule has 1 aliphatic heterocycles. The summed E-state index contributed by atoms with van der Waals surface area (Å²) in [6.45, 7) is 7.30. The van der Waals surface area contributed by atoms with E-state index in [9.17, 15) is 0 Å². The Labute approximate surface area is 172 Å². The van der Waals surface area contributed by atoms with Crippen LogP contribution in [0.25, 0.3) is 0 Å².